The highest BCUT2D eigenvalue weighted by Crippen LogP contribution is 2.16. The minimum Gasteiger partial charge on any atom is -0.744 e. The first kappa shape index (κ1) is 12.9. The zero-order valence-electron chi connectivity index (χ0n) is 9.61. The summed E-state index contributed by atoms with van der Waals surface area (Å²) in [6.07, 6.45) is 0. The zero-order valence-corrected chi connectivity index (χ0v) is 10.4. The molecule has 0 radical (unpaired) electrons. The molecule has 1 saturated heterocycles. The molecule has 1 aromatic rings. The summed E-state index contributed by atoms with van der Waals surface area (Å²) in [5.74, 6) is 0. The molecule has 1 aromatic carbocycles. The number of piperazine rings is 1. The highest BCUT2D eigenvalue weighted by molar-refractivity contribution is 7.85. The summed E-state index contributed by atoms with van der Waals surface area (Å²) >= 11 is 0. The van der Waals surface area contributed by atoms with Gasteiger partial charge >= 0.3 is 0 Å². The largest absolute Gasteiger partial charge is 0.744 e. The number of hydrogen-bond acceptors (Lipinski definition) is 6. The molecule has 0 amide bonds. The van der Waals surface area contributed by atoms with Gasteiger partial charge in [-0.15, -0.1) is 5.11 Å². The van der Waals surface area contributed by atoms with Gasteiger partial charge in [0.25, 0.3) is 0 Å². The van der Waals surface area contributed by atoms with Gasteiger partial charge in [-0.3, -0.25) is 5.01 Å². The van der Waals surface area contributed by atoms with E-state index in [1.54, 1.807) is 0 Å². The van der Waals surface area contributed by atoms with Crippen LogP contribution in [0.25, 0.3) is 0 Å². The van der Waals surface area contributed by atoms with Crippen LogP contribution in [0.2, 0.25) is 0 Å². The Morgan fingerprint density at radius 2 is 1.78 bits per heavy atom. The monoisotopic (exact) mass is 269 g/mol. The molecule has 0 aromatic heterocycles. The zero-order chi connectivity index (χ0) is 13.0. The Hall–Kier alpha value is -1.51. The van der Waals surface area contributed by atoms with Crippen molar-refractivity contribution in [1.29, 1.82) is 0 Å². The summed E-state index contributed by atoms with van der Waals surface area (Å²) in [6, 6.07) is 5.37. The summed E-state index contributed by atoms with van der Waals surface area (Å²) in [7, 11) is -4.40. The molecule has 0 unspecified atom stereocenters. The quantitative estimate of drug-likeness (QED) is 0.636. The first-order valence-electron chi connectivity index (χ1n) is 5.49. The molecule has 1 N–H and O–H groups in total. The Morgan fingerprint density at radius 3 is 2.33 bits per heavy atom. The van der Waals surface area contributed by atoms with Crippen LogP contribution in [0.4, 0.5) is 5.69 Å². The second-order valence-corrected chi connectivity index (χ2v) is 5.22. The molecular weight excluding hydrogens is 256 g/mol. The van der Waals surface area contributed by atoms with Gasteiger partial charge in [-0.05, 0) is 24.3 Å². The van der Waals surface area contributed by atoms with Crippen molar-refractivity contribution in [1.82, 2.24) is 10.3 Å². The lowest BCUT2D eigenvalue weighted by Crippen LogP contribution is -2.40. The molecule has 1 heterocycles. The molecule has 98 valence electrons. The van der Waals surface area contributed by atoms with Crippen molar-refractivity contribution >= 4 is 15.8 Å². The van der Waals surface area contributed by atoms with Crippen LogP contribution in [0.3, 0.4) is 0 Å². The van der Waals surface area contributed by atoms with Crippen LogP contribution in [-0.4, -0.2) is 44.2 Å². The van der Waals surface area contributed by atoms with E-state index in [1.807, 2.05) is 5.01 Å². The summed E-state index contributed by atoms with van der Waals surface area (Å²) < 4.78 is 32.2. The Morgan fingerprint density at radius 1 is 1.17 bits per heavy atom. The van der Waals surface area contributed by atoms with E-state index in [0.717, 1.165) is 26.2 Å². The molecule has 0 atom stereocenters. The molecule has 1 aliphatic heterocycles. The van der Waals surface area contributed by atoms with E-state index >= 15 is 0 Å². The SMILES string of the molecule is O=S(=O)([O-])c1ccc(N=NN2CCNCC2)cc1. The smallest absolute Gasteiger partial charge is 0.124 e. The number of nitrogens with zero attached hydrogens (tertiary/aromatic N) is 3. The van der Waals surface area contributed by atoms with E-state index in [2.05, 4.69) is 15.7 Å². The predicted octanol–water partition coefficient (Wildman–Crippen LogP) is 0.495. The molecule has 1 fully saturated rings. The normalized spacial score (nSPS) is 17.3. The molecule has 0 saturated carbocycles. The second kappa shape index (κ2) is 5.42. The van der Waals surface area contributed by atoms with Crippen LogP contribution >= 0.6 is 0 Å². The molecule has 2 rings (SSSR count). The van der Waals surface area contributed by atoms with E-state index in [1.165, 1.54) is 24.3 Å². The van der Waals surface area contributed by atoms with Crippen molar-refractivity contribution in [3.8, 4) is 0 Å². The second-order valence-electron chi connectivity index (χ2n) is 3.84. The molecule has 1 aliphatic rings. The number of benzene rings is 1. The van der Waals surface area contributed by atoms with Gasteiger partial charge in [0.1, 0.15) is 10.1 Å². The van der Waals surface area contributed by atoms with Gasteiger partial charge in [-0.2, -0.15) is 0 Å². The summed E-state index contributed by atoms with van der Waals surface area (Å²) in [4.78, 5) is -0.261. The molecule has 0 aliphatic carbocycles. The van der Waals surface area contributed by atoms with Crippen molar-refractivity contribution < 1.29 is 13.0 Å². The molecule has 18 heavy (non-hydrogen) atoms. The van der Waals surface area contributed by atoms with Gasteiger partial charge < -0.3 is 9.87 Å². The van der Waals surface area contributed by atoms with Crippen LogP contribution < -0.4 is 5.32 Å². The van der Waals surface area contributed by atoms with E-state index in [-0.39, 0.29) is 4.90 Å². The maximum atomic E-state index is 10.7. The van der Waals surface area contributed by atoms with Crippen molar-refractivity contribution in [3.63, 3.8) is 0 Å². The van der Waals surface area contributed by atoms with Crippen LogP contribution in [0, 0.1) is 0 Å². The lowest BCUT2D eigenvalue weighted by atomic mass is 10.3. The van der Waals surface area contributed by atoms with Crippen molar-refractivity contribution in [2.45, 2.75) is 4.90 Å². The van der Waals surface area contributed by atoms with E-state index in [0.29, 0.717) is 5.69 Å². The Kier molecular flexibility index (Phi) is 3.90. The molecule has 0 spiro atoms. The summed E-state index contributed by atoms with van der Waals surface area (Å²) in [5, 5.41) is 13.0. The van der Waals surface area contributed by atoms with Crippen molar-refractivity contribution in [2.75, 3.05) is 26.2 Å². The third-order valence-electron chi connectivity index (χ3n) is 2.51. The highest BCUT2D eigenvalue weighted by atomic mass is 32.2. The fourth-order valence-corrected chi connectivity index (χ4v) is 2.01. The Labute approximate surface area is 105 Å². The first-order chi connectivity index (χ1) is 8.55. The summed E-state index contributed by atoms with van der Waals surface area (Å²) in [5.41, 5.74) is 0.515. The van der Waals surface area contributed by atoms with Gasteiger partial charge in [0, 0.05) is 13.1 Å². The molecule has 7 nitrogen and oxygen atoms in total. The maximum absolute atomic E-state index is 10.7. The lowest BCUT2D eigenvalue weighted by Gasteiger charge is -2.22. The highest BCUT2D eigenvalue weighted by Gasteiger charge is 2.06. The van der Waals surface area contributed by atoms with Crippen molar-refractivity contribution in [3.05, 3.63) is 24.3 Å². The predicted molar refractivity (Wildman–Crippen MR) is 63.4 cm³/mol. The fourth-order valence-electron chi connectivity index (χ4n) is 1.54. The molecule has 8 heteroatoms. The Bertz CT molecular complexity index is 521. The fraction of sp³-hybridized carbons (Fsp3) is 0.400. The van der Waals surface area contributed by atoms with Gasteiger partial charge in [0.05, 0.1) is 23.7 Å². The van der Waals surface area contributed by atoms with Crippen molar-refractivity contribution in [2.24, 2.45) is 10.3 Å². The standard InChI is InChI=1S/C10H14N4O3S/c15-18(16,17)10-3-1-9(2-4-10)12-13-14-7-5-11-6-8-14/h1-4,11H,5-8H2,(H,15,16,17)/p-1. The van der Waals surface area contributed by atoms with Crippen LogP contribution in [-0.2, 0) is 10.1 Å². The van der Waals surface area contributed by atoms with Gasteiger partial charge in [-0.1, -0.05) is 5.22 Å². The maximum Gasteiger partial charge on any atom is 0.124 e. The Balaban J connectivity index is 2.03. The van der Waals surface area contributed by atoms with Crippen LogP contribution in [0.15, 0.2) is 39.5 Å². The third-order valence-corrected chi connectivity index (χ3v) is 3.35. The number of hydrogen-bond donors (Lipinski definition) is 1. The molecular formula is C10H13N4O3S-. The lowest BCUT2D eigenvalue weighted by molar-refractivity contribution is 0.237. The number of nitrogens with one attached hydrogen (secondary N) is 1. The number of rotatable bonds is 3. The summed E-state index contributed by atoms with van der Waals surface area (Å²) in [6.45, 7) is 3.31. The average Bonchev–Trinajstić information content (AvgIpc) is 2.37. The minimum atomic E-state index is -4.40. The minimum absolute atomic E-state index is 0.261. The van der Waals surface area contributed by atoms with E-state index < -0.39 is 10.1 Å². The van der Waals surface area contributed by atoms with Gasteiger partial charge in [0.2, 0.25) is 0 Å². The van der Waals surface area contributed by atoms with Gasteiger partial charge in [0.15, 0.2) is 0 Å². The third kappa shape index (κ3) is 3.49. The van der Waals surface area contributed by atoms with Crippen LogP contribution in [0.1, 0.15) is 0 Å². The first-order valence-corrected chi connectivity index (χ1v) is 6.90. The topological polar surface area (TPSA) is 97.2 Å². The van der Waals surface area contributed by atoms with E-state index in [4.69, 9.17) is 0 Å². The molecule has 0 bridgehead atoms. The van der Waals surface area contributed by atoms with E-state index in [9.17, 15) is 13.0 Å². The van der Waals surface area contributed by atoms with Crippen LogP contribution in [0.5, 0.6) is 0 Å². The van der Waals surface area contributed by atoms with Gasteiger partial charge in [-0.25, -0.2) is 8.42 Å². The average molecular weight is 269 g/mol.